The minimum absolute atomic E-state index is 0.0838. The molecule has 0 fully saturated rings. The van der Waals surface area contributed by atoms with Crippen LogP contribution in [0.1, 0.15) is 18.1 Å². The second-order valence-electron chi connectivity index (χ2n) is 4.77. The van der Waals surface area contributed by atoms with Crippen molar-refractivity contribution in [3.63, 3.8) is 0 Å². The predicted molar refractivity (Wildman–Crippen MR) is 88.2 cm³/mol. The average Bonchev–Trinajstić information content (AvgIpc) is 2.88. The number of amides is 1. The van der Waals surface area contributed by atoms with Crippen molar-refractivity contribution in [1.29, 1.82) is 0 Å². The molecule has 2 rings (SSSR count). The molecule has 0 radical (unpaired) electrons. The van der Waals surface area contributed by atoms with Crippen LogP contribution in [0.2, 0.25) is 5.02 Å². The van der Waals surface area contributed by atoms with Gasteiger partial charge in [-0.05, 0) is 38.0 Å². The second kappa shape index (κ2) is 7.00. The molecule has 0 atom stereocenters. The Morgan fingerprint density at radius 2 is 2.19 bits per heavy atom. The number of hydrogen-bond donors (Lipinski definition) is 1. The summed E-state index contributed by atoms with van der Waals surface area (Å²) in [5.41, 5.74) is 2.73. The number of nitrogens with one attached hydrogen (secondary N) is 1. The van der Waals surface area contributed by atoms with Crippen LogP contribution in [0.3, 0.4) is 0 Å². The van der Waals surface area contributed by atoms with Gasteiger partial charge >= 0.3 is 0 Å². The summed E-state index contributed by atoms with van der Waals surface area (Å²) >= 11 is 7.61. The van der Waals surface area contributed by atoms with Gasteiger partial charge in [0.15, 0.2) is 5.16 Å². The molecule has 0 aliphatic carbocycles. The fraction of sp³-hybridized carbons (Fsp3) is 0.333. The van der Waals surface area contributed by atoms with Crippen molar-refractivity contribution in [3.8, 4) is 0 Å². The summed E-state index contributed by atoms with van der Waals surface area (Å²) in [5, 5.41) is 4.29. The number of halogens is 1. The summed E-state index contributed by atoms with van der Waals surface area (Å²) in [6.45, 7) is 6.80. The number of aryl methyl sites for hydroxylation is 3. The molecule has 0 unspecified atom stereocenters. The molecule has 6 heteroatoms. The van der Waals surface area contributed by atoms with E-state index in [-0.39, 0.29) is 5.91 Å². The van der Waals surface area contributed by atoms with Gasteiger partial charge in [0.25, 0.3) is 0 Å². The smallest absolute Gasteiger partial charge is 0.234 e. The van der Waals surface area contributed by atoms with Crippen LogP contribution in [0, 0.1) is 13.8 Å². The first-order valence-corrected chi connectivity index (χ1v) is 8.08. The molecule has 112 valence electrons. The Morgan fingerprint density at radius 3 is 2.86 bits per heavy atom. The number of benzene rings is 1. The predicted octanol–water partition coefficient (Wildman–Crippen LogP) is 3.90. The summed E-state index contributed by atoms with van der Waals surface area (Å²) in [7, 11) is 0. The van der Waals surface area contributed by atoms with Crippen molar-refractivity contribution in [2.75, 3.05) is 11.1 Å². The third-order valence-electron chi connectivity index (χ3n) is 3.05. The summed E-state index contributed by atoms with van der Waals surface area (Å²) in [4.78, 5) is 16.3. The molecule has 0 aliphatic rings. The summed E-state index contributed by atoms with van der Waals surface area (Å²) < 4.78 is 2.00. The van der Waals surface area contributed by atoms with Gasteiger partial charge in [-0.3, -0.25) is 4.79 Å². The highest BCUT2D eigenvalue weighted by Gasteiger charge is 2.11. The van der Waals surface area contributed by atoms with Crippen LogP contribution < -0.4 is 5.32 Å². The molecule has 1 heterocycles. The number of aromatic nitrogens is 2. The molecule has 4 nitrogen and oxygen atoms in total. The van der Waals surface area contributed by atoms with Gasteiger partial charge in [0, 0.05) is 18.9 Å². The quantitative estimate of drug-likeness (QED) is 0.849. The Labute approximate surface area is 133 Å². The largest absolute Gasteiger partial charge is 0.326 e. The third kappa shape index (κ3) is 4.02. The molecule has 0 bridgehead atoms. The van der Waals surface area contributed by atoms with Crippen LogP contribution in [-0.4, -0.2) is 21.2 Å². The van der Waals surface area contributed by atoms with E-state index in [9.17, 15) is 4.79 Å². The Morgan fingerprint density at radius 1 is 1.43 bits per heavy atom. The maximum absolute atomic E-state index is 12.1. The van der Waals surface area contributed by atoms with Crippen LogP contribution >= 0.6 is 23.4 Å². The number of hydrogen-bond acceptors (Lipinski definition) is 3. The van der Waals surface area contributed by atoms with Gasteiger partial charge in [0.2, 0.25) is 5.91 Å². The molecule has 1 aromatic carbocycles. The number of thioether (sulfide) groups is 1. The lowest BCUT2D eigenvalue weighted by molar-refractivity contribution is -0.113. The zero-order valence-electron chi connectivity index (χ0n) is 12.3. The molecule has 1 aromatic heterocycles. The van der Waals surface area contributed by atoms with Crippen LogP contribution in [0.4, 0.5) is 5.69 Å². The first kappa shape index (κ1) is 15.9. The van der Waals surface area contributed by atoms with E-state index in [1.54, 1.807) is 6.20 Å². The van der Waals surface area contributed by atoms with E-state index < -0.39 is 0 Å². The Bertz CT molecular complexity index is 631. The fourth-order valence-corrected chi connectivity index (χ4v) is 3.25. The van der Waals surface area contributed by atoms with Gasteiger partial charge in [-0.1, -0.05) is 29.4 Å². The van der Waals surface area contributed by atoms with E-state index in [2.05, 4.69) is 10.3 Å². The number of imidazole rings is 1. The number of carbonyl (C=O) groups excluding carboxylic acids is 1. The highest BCUT2D eigenvalue weighted by atomic mass is 35.5. The third-order valence-corrected chi connectivity index (χ3v) is 4.35. The van der Waals surface area contributed by atoms with Gasteiger partial charge in [-0.25, -0.2) is 4.98 Å². The van der Waals surface area contributed by atoms with Gasteiger partial charge in [0.1, 0.15) is 0 Å². The van der Waals surface area contributed by atoms with E-state index in [4.69, 9.17) is 11.6 Å². The Hall–Kier alpha value is -1.46. The zero-order valence-corrected chi connectivity index (χ0v) is 13.9. The molecule has 21 heavy (non-hydrogen) atoms. The molecule has 0 spiro atoms. The van der Waals surface area contributed by atoms with Crippen molar-refractivity contribution < 1.29 is 4.79 Å². The summed E-state index contributed by atoms with van der Waals surface area (Å²) in [5.74, 6) is 0.222. The molecule has 1 amide bonds. The molecular weight excluding hydrogens is 306 g/mol. The average molecular weight is 324 g/mol. The molecule has 0 saturated carbocycles. The van der Waals surface area contributed by atoms with Crippen molar-refractivity contribution in [2.45, 2.75) is 32.5 Å². The Balaban J connectivity index is 1.99. The minimum Gasteiger partial charge on any atom is -0.326 e. The minimum atomic E-state index is -0.0838. The van der Waals surface area contributed by atoms with Crippen molar-refractivity contribution >= 4 is 35.0 Å². The monoisotopic (exact) mass is 323 g/mol. The lowest BCUT2D eigenvalue weighted by Crippen LogP contribution is -2.15. The molecule has 0 aliphatic heterocycles. The van der Waals surface area contributed by atoms with E-state index >= 15 is 0 Å². The first-order chi connectivity index (χ1) is 10.0. The molecule has 0 saturated heterocycles. The van der Waals surface area contributed by atoms with Gasteiger partial charge in [-0.2, -0.15) is 0 Å². The highest BCUT2D eigenvalue weighted by Crippen LogP contribution is 2.27. The topological polar surface area (TPSA) is 46.9 Å². The maximum atomic E-state index is 12.1. The van der Waals surface area contributed by atoms with Gasteiger partial charge in [0.05, 0.1) is 16.5 Å². The standard InChI is InChI=1S/C15H18ClN3OS/c1-4-19-6-5-17-15(19)21-9-13(20)18-14-11(3)7-10(2)8-12(14)16/h5-8H,4,9H2,1-3H3,(H,18,20). The van der Waals surface area contributed by atoms with E-state index in [1.165, 1.54) is 11.8 Å². The zero-order chi connectivity index (χ0) is 15.4. The fourth-order valence-electron chi connectivity index (χ4n) is 2.06. The first-order valence-electron chi connectivity index (χ1n) is 6.71. The number of nitrogens with zero attached hydrogens (tertiary/aromatic N) is 2. The van der Waals surface area contributed by atoms with Crippen LogP contribution in [-0.2, 0) is 11.3 Å². The summed E-state index contributed by atoms with van der Waals surface area (Å²) in [6, 6.07) is 3.85. The van der Waals surface area contributed by atoms with Crippen LogP contribution in [0.5, 0.6) is 0 Å². The number of rotatable bonds is 5. The molecule has 2 aromatic rings. The van der Waals surface area contributed by atoms with Crippen molar-refractivity contribution in [3.05, 3.63) is 40.7 Å². The lowest BCUT2D eigenvalue weighted by Gasteiger charge is -2.11. The molecular formula is C15H18ClN3OS. The molecule has 1 N–H and O–H groups in total. The van der Waals surface area contributed by atoms with Crippen LogP contribution in [0.25, 0.3) is 0 Å². The van der Waals surface area contributed by atoms with E-state index in [1.807, 2.05) is 43.7 Å². The lowest BCUT2D eigenvalue weighted by atomic mass is 10.1. The summed E-state index contributed by atoms with van der Waals surface area (Å²) in [6.07, 6.45) is 3.64. The Kier molecular flexibility index (Phi) is 5.31. The van der Waals surface area contributed by atoms with Crippen molar-refractivity contribution in [1.82, 2.24) is 9.55 Å². The SMILES string of the molecule is CCn1ccnc1SCC(=O)Nc1c(C)cc(C)cc1Cl. The van der Waals surface area contributed by atoms with E-state index in [0.717, 1.165) is 22.8 Å². The number of carbonyl (C=O) groups is 1. The van der Waals surface area contributed by atoms with Crippen LogP contribution in [0.15, 0.2) is 29.7 Å². The maximum Gasteiger partial charge on any atom is 0.234 e. The van der Waals surface area contributed by atoms with E-state index in [0.29, 0.717) is 16.5 Å². The van der Waals surface area contributed by atoms with Gasteiger partial charge in [-0.15, -0.1) is 0 Å². The van der Waals surface area contributed by atoms with Crippen molar-refractivity contribution in [2.24, 2.45) is 0 Å². The highest BCUT2D eigenvalue weighted by molar-refractivity contribution is 7.99. The normalized spacial score (nSPS) is 10.7. The van der Waals surface area contributed by atoms with Gasteiger partial charge < -0.3 is 9.88 Å². The second-order valence-corrected chi connectivity index (χ2v) is 6.12. The number of anilines is 1.